The van der Waals surface area contributed by atoms with Crippen molar-refractivity contribution >= 4 is 5.97 Å². The molecule has 1 saturated heterocycles. The Hall–Kier alpha value is -1.87. The number of allylic oxidation sites excluding steroid dienone is 2. The minimum absolute atomic E-state index is 0.00814. The largest absolute Gasteiger partial charge is 0.464 e. The molecule has 3 nitrogen and oxygen atoms in total. The lowest BCUT2D eigenvalue weighted by Gasteiger charge is -2.29. The van der Waals surface area contributed by atoms with Gasteiger partial charge in [-0.05, 0) is 18.4 Å². The van der Waals surface area contributed by atoms with Gasteiger partial charge in [-0.1, -0.05) is 42.5 Å². The Labute approximate surface area is 120 Å². The van der Waals surface area contributed by atoms with Crippen LogP contribution in [-0.4, -0.2) is 18.6 Å². The molecule has 20 heavy (non-hydrogen) atoms. The fourth-order valence-corrected chi connectivity index (χ4v) is 2.75. The fourth-order valence-electron chi connectivity index (χ4n) is 2.75. The van der Waals surface area contributed by atoms with Gasteiger partial charge in [0, 0.05) is 6.54 Å². The highest BCUT2D eigenvalue weighted by Crippen LogP contribution is 2.38. The number of esters is 1. The van der Waals surface area contributed by atoms with Crippen LogP contribution < -0.4 is 5.32 Å². The SMILES string of the molecule is C=CCC1(CC=C)C(=O)OC[C@@H]1NCc1ccccc1. The summed E-state index contributed by atoms with van der Waals surface area (Å²) in [6, 6.07) is 10.1. The topological polar surface area (TPSA) is 38.3 Å². The maximum Gasteiger partial charge on any atom is 0.314 e. The predicted molar refractivity (Wildman–Crippen MR) is 80.1 cm³/mol. The Morgan fingerprint density at radius 2 is 1.90 bits per heavy atom. The van der Waals surface area contributed by atoms with Crippen molar-refractivity contribution in [1.82, 2.24) is 5.32 Å². The number of cyclic esters (lactones) is 1. The number of ether oxygens (including phenoxy) is 1. The Kier molecular flexibility index (Phi) is 4.74. The molecule has 1 N–H and O–H groups in total. The average Bonchev–Trinajstić information content (AvgIpc) is 2.76. The van der Waals surface area contributed by atoms with Crippen LogP contribution in [0, 0.1) is 5.41 Å². The molecule has 1 aliphatic rings. The lowest BCUT2D eigenvalue weighted by molar-refractivity contribution is -0.146. The second kappa shape index (κ2) is 6.53. The van der Waals surface area contributed by atoms with E-state index in [1.807, 2.05) is 18.2 Å². The van der Waals surface area contributed by atoms with E-state index in [0.29, 0.717) is 19.4 Å². The Morgan fingerprint density at radius 3 is 2.50 bits per heavy atom. The number of carbonyl (C=O) groups is 1. The van der Waals surface area contributed by atoms with Gasteiger partial charge in [0.25, 0.3) is 0 Å². The molecule has 0 spiro atoms. The first-order valence-corrected chi connectivity index (χ1v) is 6.89. The highest BCUT2D eigenvalue weighted by atomic mass is 16.5. The van der Waals surface area contributed by atoms with Crippen molar-refractivity contribution in [3.05, 3.63) is 61.2 Å². The van der Waals surface area contributed by atoms with Gasteiger partial charge in [0.15, 0.2) is 0 Å². The molecule has 0 unspecified atom stereocenters. The molecule has 0 radical (unpaired) electrons. The first kappa shape index (κ1) is 14.5. The Morgan fingerprint density at radius 1 is 1.25 bits per heavy atom. The normalized spacial score (nSPS) is 20.4. The van der Waals surface area contributed by atoms with E-state index >= 15 is 0 Å². The summed E-state index contributed by atoms with van der Waals surface area (Å²) in [6.07, 6.45) is 4.77. The number of nitrogens with one attached hydrogen (secondary N) is 1. The Balaban J connectivity index is 2.10. The van der Waals surface area contributed by atoms with Crippen LogP contribution in [0.5, 0.6) is 0 Å². The molecular weight excluding hydrogens is 250 g/mol. The molecule has 0 aromatic heterocycles. The molecule has 1 aromatic carbocycles. The van der Waals surface area contributed by atoms with E-state index in [4.69, 9.17) is 4.74 Å². The summed E-state index contributed by atoms with van der Waals surface area (Å²) < 4.78 is 5.28. The number of hydrogen-bond donors (Lipinski definition) is 1. The molecule has 0 saturated carbocycles. The zero-order valence-electron chi connectivity index (χ0n) is 11.7. The van der Waals surface area contributed by atoms with Crippen LogP contribution in [0.15, 0.2) is 55.6 Å². The minimum atomic E-state index is -0.557. The quantitative estimate of drug-likeness (QED) is 0.612. The smallest absolute Gasteiger partial charge is 0.314 e. The van der Waals surface area contributed by atoms with Crippen molar-refractivity contribution in [2.75, 3.05) is 6.61 Å². The van der Waals surface area contributed by atoms with Gasteiger partial charge in [-0.2, -0.15) is 0 Å². The molecule has 106 valence electrons. The van der Waals surface area contributed by atoms with Gasteiger partial charge in [0.2, 0.25) is 0 Å². The van der Waals surface area contributed by atoms with Gasteiger partial charge < -0.3 is 10.1 Å². The van der Waals surface area contributed by atoms with Crippen LogP contribution in [0.2, 0.25) is 0 Å². The van der Waals surface area contributed by atoms with Gasteiger partial charge in [-0.25, -0.2) is 0 Å². The second-order valence-corrected chi connectivity index (χ2v) is 5.16. The minimum Gasteiger partial charge on any atom is -0.464 e. The van der Waals surface area contributed by atoms with Crippen molar-refractivity contribution in [1.29, 1.82) is 0 Å². The summed E-state index contributed by atoms with van der Waals surface area (Å²) in [4.78, 5) is 12.1. The van der Waals surface area contributed by atoms with Gasteiger partial charge in [-0.3, -0.25) is 4.79 Å². The Bertz CT molecular complexity index is 471. The molecule has 3 heteroatoms. The molecule has 1 heterocycles. The molecule has 2 rings (SSSR count). The van der Waals surface area contributed by atoms with Gasteiger partial charge in [0.05, 0.1) is 11.5 Å². The number of hydrogen-bond acceptors (Lipinski definition) is 3. The van der Waals surface area contributed by atoms with Crippen LogP contribution in [-0.2, 0) is 16.1 Å². The van der Waals surface area contributed by atoms with E-state index < -0.39 is 5.41 Å². The summed E-state index contributed by atoms with van der Waals surface area (Å²) in [6.45, 7) is 8.67. The highest BCUT2D eigenvalue weighted by molar-refractivity contribution is 5.80. The third-order valence-corrected chi connectivity index (χ3v) is 3.87. The molecule has 1 aromatic rings. The zero-order chi connectivity index (χ0) is 14.4. The van der Waals surface area contributed by atoms with Crippen molar-refractivity contribution in [3.63, 3.8) is 0 Å². The van der Waals surface area contributed by atoms with E-state index in [2.05, 4.69) is 30.6 Å². The molecule has 1 atom stereocenters. The van der Waals surface area contributed by atoms with Gasteiger partial charge >= 0.3 is 5.97 Å². The number of benzene rings is 1. The number of rotatable bonds is 7. The summed E-state index contributed by atoms with van der Waals surface area (Å²) >= 11 is 0. The summed E-state index contributed by atoms with van der Waals surface area (Å²) in [7, 11) is 0. The molecule has 1 fully saturated rings. The third-order valence-electron chi connectivity index (χ3n) is 3.87. The summed E-state index contributed by atoms with van der Waals surface area (Å²) in [5.74, 6) is -0.150. The predicted octanol–water partition coefficient (Wildman–Crippen LogP) is 2.84. The standard InChI is InChI=1S/C17H21NO2/c1-3-10-17(11-4-2)15(13-20-16(17)19)18-12-14-8-6-5-7-9-14/h3-9,15,18H,1-2,10-13H2/t15-/m0/s1. The van der Waals surface area contributed by atoms with Gasteiger partial charge in [-0.15, -0.1) is 13.2 Å². The molecule has 0 amide bonds. The monoisotopic (exact) mass is 271 g/mol. The third kappa shape index (κ3) is 2.83. The lowest BCUT2D eigenvalue weighted by Crippen LogP contribution is -2.45. The van der Waals surface area contributed by atoms with Gasteiger partial charge in [0.1, 0.15) is 6.61 Å². The first-order chi connectivity index (χ1) is 9.73. The van der Waals surface area contributed by atoms with E-state index in [9.17, 15) is 4.79 Å². The lowest BCUT2D eigenvalue weighted by atomic mass is 9.76. The van der Waals surface area contributed by atoms with E-state index in [-0.39, 0.29) is 12.0 Å². The molecule has 0 aliphatic carbocycles. The average molecular weight is 271 g/mol. The van der Waals surface area contributed by atoms with Crippen LogP contribution >= 0.6 is 0 Å². The van der Waals surface area contributed by atoms with Crippen LogP contribution in [0.3, 0.4) is 0 Å². The molecule has 0 bridgehead atoms. The fraction of sp³-hybridized carbons (Fsp3) is 0.353. The van der Waals surface area contributed by atoms with E-state index in [1.165, 1.54) is 5.56 Å². The number of carbonyl (C=O) groups excluding carboxylic acids is 1. The second-order valence-electron chi connectivity index (χ2n) is 5.16. The van der Waals surface area contributed by atoms with Crippen LogP contribution in [0.25, 0.3) is 0 Å². The summed E-state index contributed by atoms with van der Waals surface area (Å²) in [5.41, 5.74) is 0.635. The molecular formula is C17H21NO2. The zero-order valence-corrected chi connectivity index (χ0v) is 11.7. The first-order valence-electron chi connectivity index (χ1n) is 6.89. The van der Waals surface area contributed by atoms with E-state index in [0.717, 1.165) is 6.54 Å². The highest BCUT2D eigenvalue weighted by Gasteiger charge is 2.50. The van der Waals surface area contributed by atoms with E-state index in [1.54, 1.807) is 12.2 Å². The van der Waals surface area contributed by atoms with Crippen LogP contribution in [0.4, 0.5) is 0 Å². The van der Waals surface area contributed by atoms with Crippen molar-refractivity contribution < 1.29 is 9.53 Å². The van der Waals surface area contributed by atoms with Crippen molar-refractivity contribution in [2.45, 2.75) is 25.4 Å². The maximum absolute atomic E-state index is 12.1. The van der Waals surface area contributed by atoms with Crippen molar-refractivity contribution in [3.8, 4) is 0 Å². The maximum atomic E-state index is 12.1. The molecule has 1 aliphatic heterocycles. The van der Waals surface area contributed by atoms with Crippen LogP contribution in [0.1, 0.15) is 18.4 Å². The summed E-state index contributed by atoms with van der Waals surface area (Å²) in [5, 5.41) is 3.45. The van der Waals surface area contributed by atoms with Crippen molar-refractivity contribution in [2.24, 2.45) is 5.41 Å².